The number of aromatic nitrogens is 1. The highest BCUT2D eigenvalue weighted by molar-refractivity contribution is 6.46. The van der Waals surface area contributed by atoms with Gasteiger partial charge in [0.15, 0.2) is 0 Å². The lowest BCUT2D eigenvalue weighted by molar-refractivity contribution is -0.139. The first-order valence-corrected chi connectivity index (χ1v) is 9.41. The van der Waals surface area contributed by atoms with E-state index in [1.165, 1.54) is 12.4 Å². The average Bonchev–Trinajstić information content (AvgIpc) is 2.99. The zero-order chi connectivity index (χ0) is 20.1. The normalized spacial score (nSPS) is 18.5. The van der Waals surface area contributed by atoms with Gasteiger partial charge < -0.3 is 14.7 Å². The molecule has 1 saturated heterocycles. The van der Waals surface area contributed by atoms with Crippen LogP contribution in [0.2, 0.25) is 0 Å². The number of nitrogens with zero attached hydrogens (tertiary/aromatic N) is 2. The molecule has 6 nitrogen and oxygen atoms in total. The molecule has 2 aromatic rings. The standard InChI is InChI=1S/C22H24N2O4/c1-3-4-5-13-24-19(16-7-6-8-17(14-16)28-2)18(21(26)22(24)27)20(25)15-9-11-23-12-10-15/h6-12,14,19,25H,3-5,13H2,1-2H3/b20-18-. The fourth-order valence-electron chi connectivity index (χ4n) is 3.47. The number of pyridine rings is 1. The number of aliphatic hydroxyl groups is 1. The van der Waals surface area contributed by atoms with Crippen molar-refractivity contribution in [2.24, 2.45) is 0 Å². The molecule has 1 N–H and O–H groups in total. The lowest BCUT2D eigenvalue weighted by Gasteiger charge is -2.25. The van der Waals surface area contributed by atoms with E-state index in [-0.39, 0.29) is 11.3 Å². The van der Waals surface area contributed by atoms with Crippen LogP contribution in [0.15, 0.2) is 54.4 Å². The molecule has 1 aliphatic heterocycles. The maximum Gasteiger partial charge on any atom is 0.295 e. The molecule has 146 valence electrons. The van der Waals surface area contributed by atoms with Gasteiger partial charge in [-0.2, -0.15) is 0 Å². The van der Waals surface area contributed by atoms with Gasteiger partial charge in [0.05, 0.1) is 18.7 Å². The number of ether oxygens (including phenoxy) is 1. The molecule has 1 aromatic heterocycles. The number of likely N-dealkylation sites (tertiary alicyclic amines) is 1. The second-order valence-electron chi connectivity index (χ2n) is 6.71. The highest BCUT2D eigenvalue weighted by atomic mass is 16.5. The molecule has 0 bridgehead atoms. The monoisotopic (exact) mass is 380 g/mol. The van der Waals surface area contributed by atoms with Gasteiger partial charge >= 0.3 is 0 Å². The van der Waals surface area contributed by atoms with Crippen LogP contribution in [0, 0.1) is 0 Å². The van der Waals surface area contributed by atoms with Crippen molar-refractivity contribution in [1.82, 2.24) is 9.88 Å². The summed E-state index contributed by atoms with van der Waals surface area (Å²) in [5.74, 6) is -0.815. The number of unbranched alkanes of at least 4 members (excludes halogenated alkanes) is 2. The first-order chi connectivity index (χ1) is 13.6. The highest BCUT2D eigenvalue weighted by Gasteiger charge is 2.45. The topological polar surface area (TPSA) is 79.7 Å². The van der Waals surface area contributed by atoms with Gasteiger partial charge in [-0.3, -0.25) is 14.6 Å². The van der Waals surface area contributed by atoms with Crippen LogP contribution in [0.1, 0.15) is 43.4 Å². The predicted molar refractivity (Wildman–Crippen MR) is 106 cm³/mol. The van der Waals surface area contributed by atoms with E-state index in [9.17, 15) is 14.7 Å². The summed E-state index contributed by atoms with van der Waals surface area (Å²) in [5.41, 5.74) is 1.28. The number of Topliss-reactive ketones (excluding diaryl/α,β-unsaturated/α-hetero) is 1. The number of hydrogen-bond donors (Lipinski definition) is 1. The Labute approximate surface area is 164 Å². The molecule has 6 heteroatoms. The molecule has 1 aliphatic rings. The minimum atomic E-state index is -0.668. The van der Waals surface area contributed by atoms with Crippen molar-refractivity contribution in [3.05, 3.63) is 65.5 Å². The number of rotatable bonds is 7. The Morgan fingerprint density at radius 2 is 1.93 bits per heavy atom. The Kier molecular flexibility index (Phi) is 6.09. The van der Waals surface area contributed by atoms with Crippen LogP contribution in [0.4, 0.5) is 0 Å². The second kappa shape index (κ2) is 8.69. The van der Waals surface area contributed by atoms with Crippen LogP contribution in [0.3, 0.4) is 0 Å². The summed E-state index contributed by atoms with van der Waals surface area (Å²) in [5, 5.41) is 10.9. The first-order valence-electron chi connectivity index (χ1n) is 9.41. The van der Waals surface area contributed by atoms with Crippen molar-refractivity contribution in [2.75, 3.05) is 13.7 Å². The third-order valence-electron chi connectivity index (χ3n) is 4.91. The average molecular weight is 380 g/mol. The molecule has 28 heavy (non-hydrogen) atoms. The number of amides is 1. The smallest absolute Gasteiger partial charge is 0.295 e. The minimum Gasteiger partial charge on any atom is -0.507 e. The fraction of sp³-hybridized carbons (Fsp3) is 0.318. The third kappa shape index (κ3) is 3.76. The van der Waals surface area contributed by atoms with Gasteiger partial charge in [0.1, 0.15) is 11.5 Å². The zero-order valence-electron chi connectivity index (χ0n) is 16.1. The van der Waals surface area contributed by atoms with Crippen molar-refractivity contribution < 1.29 is 19.4 Å². The van der Waals surface area contributed by atoms with E-state index in [2.05, 4.69) is 11.9 Å². The van der Waals surface area contributed by atoms with E-state index in [1.807, 2.05) is 12.1 Å². The van der Waals surface area contributed by atoms with E-state index in [4.69, 9.17) is 4.74 Å². The van der Waals surface area contributed by atoms with Gasteiger partial charge in [-0.1, -0.05) is 31.9 Å². The van der Waals surface area contributed by atoms with E-state index < -0.39 is 17.7 Å². The summed E-state index contributed by atoms with van der Waals surface area (Å²) in [6.07, 6.45) is 5.82. The van der Waals surface area contributed by atoms with Crippen LogP contribution in [0.5, 0.6) is 5.75 Å². The maximum atomic E-state index is 12.8. The molecule has 1 atom stereocenters. The quantitative estimate of drug-likeness (QED) is 0.343. The summed E-state index contributed by atoms with van der Waals surface area (Å²) in [6.45, 7) is 2.53. The SMILES string of the molecule is CCCCCN1C(=O)C(=O)/C(=C(\O)c2ccncc2)C1c1cccc(OC)c1. The molecule has 2 heterocycles. The van der Waals surface area contributed by atoms with E-state index >= 15 is 0 Å². The molecule has 1 aromatic carbocycles. The molecular formula is C22H24N2O4. The van der Waals surface area contributed by atoms with Crippen molar-refractivity contribution >= 4 is 17.4 Å². The number of hydrogen-bond acceptors (Lipinski definition) is 5. The van der Waals surface area contributed by atoms with Crippen molar-refractivity contribution in [3.8, 4) is 5.75 Å². The van der Waals surface area contributed by atoms with Crippen LogP contribution < -0.4 is 4.74 Å². The van der Waals surface area contributed by atoms with Gasteiger partial charge in [0, 0.05) is 24.5 Å². The van der Waals surface area contributed by atoms with Crippen molar-refractivity contribution in [3.63, 3.8) is 0 Å². The number of methoxy groups -OCH3 is 1. The summed E-state index contributed by atoms with van der Waals surface area (Å²) in [4.78, 5) is 31.1. The van der Waals surface area contributed by atoms with Gasteiger partial charge in [-0.25, -0.2) is 0 Å². The van der Waals surface area contributed by atoms with E-state index in [1.54, 1.807) is 36.3 Å². The van der Waals surface area contributed by atoms with E-state index in [0.717, 1.165) is 24.8 Å². The number of carbonyl (C=O) groups excluding carboxylic acids is 2. The Hall–Kier alpha value is -3.15. The molecule has 1 unspecified atom stereocenters. The number of aliphatic hydroxyl groups excluding tert-OH is 1. The number of carbonyl (C=O) groups is 2. The van der Waals surface area contributed by atoms with E-state index in [0.29, 0.717) is 17.9 Å². The van der Waals surface area contributed by atoms with Crippen molar-refractivity contribution in [2.45, 2.75) is 32.2 Å². The second-order valence-corrected chi connectivity index (χ2v) is 6.71. The van der Waals surface area contributed by atoms with Gasteiger partial charge in [-0.15, -0.1) is 0 Å². The zero-order valence-corrected chi connectivity index (χ0v) is 16.1. The molecule has 0 radical (unpaired) electrons. The number of ketones is 1. The molecule has 0 aliphatic carbocycles. The molecule has 0 saturated carbocycles. The van der Waals surface area contributed by atoms with Crippen LogP contribution >= 0.6 is 0 Å². The summed E-state index contributed by atoms with van der Waals surface area (Å²) in [7, 11) is 1.56. The Morgan fingerprint density at radius 3 is 2.61 bits per heavy atom. The molecule has 0 spiro atoms. The molecule has 1 fully saturated rings. The summed E-state index contributed by atoms with van der Waals surface area (Å²) >= 11 is 0. The van der Waals surface area contributed by atoms with Gasteiger partial charge in [0.2, 0.25) is 0 Å². The Bertz CT molecular complexity index is 892. The minimum absolute atomic E-state index is 0.0981. The molecular weight excluding hydrogens is 356 g/mol. The van der Waals surface area contributed by atoms with Crippen molar-refractivity contribution in [1.29, 1.82) is 0 Å². The fourth-order valence-corrected chi connectivity index (χ4v) is 3.47. The largest absolute Gasteiger partial charge is 0.507 e. The molecule has 3 rings (SSSR count). The predicted octanol–water partition coefficient (Wildman–Crippen LogP) is 3.70. The lowest BCUT2D eigenvalue weighted by atomic mass is 9.95. The number of benzene rings is 1. The summed E-state index contributed by atoms with van der Waals surface area (Å²) in [6, 6.07) is 9.82. The van der Waals surface area contributed by atoms with Gasteiger partial charge in [0.25, 0.3) is 11.7 Å². The third-order valence-corrected chi connectivity index (χ3v) is 4.91. The Balaban J connectivity index is 2.12. The maximum absolute atomic E-state index is 12.8. The lowest BCUT2D eigenvalue weighted by Crippen LogP contribution is -2.30. The van der Waals surface area contributed by atoms with Crippen LogP contribution in [0.25, 0.3) is 5.76 Å². The van der Waals surface area contributed by atoms with Crippen LogP contribution in [-0.2, 0) is 9.59 Å². The highest BCUT2D eigenvalue weighted by Crippen LogP contribution is 2.40. The summed E-state index contributed by atoms with van der Waals surface area (Å²) < 4.78 is 5.31. The van der Waals surface area contributed by atoms with Gasteiger partial charge in [-0.05, 0) is 36.2 Å². The van der Waals surface area contributed by atoms with Crippen LogP contribution in [-0.4, -0.2) is 40.3 Å². The first kappa shape index (κ1) is 19.6. The molecule has 1 amide bonds. The Morgan fingerprint density at radius 1 is 1.18 bits per heavy atom.